The molecule has 0 bridgehead atoms. The number of fused-ring (bicyclic) bond motifs is 5. The average Bonchev–Trinajstić information content (AvgIpc) is 2.73. The normalized spacial score (nSPS) is 13.2. The first-order valence-corrected chi connectivity index (χ1v) is 7.44. The Morgan fingerprint density at radius 3 is 2.83 bits per heavy atom. The van der Waals surface area contributed by atoms with Gasteiger partial charge in [0, 0.05) is 16.6 Å². The molecule has 0 aliphatic carbocycles. The molecule has 0 radical (unpaired) electrons. The number of allylic oxidation sites excluding steroid dienone is 1. The van der Waals surface area contributed by atoms with Gasteiger partial charge in [-0.25, -0.2) is 4.39 Å². The predicted molar refractivity (Wildman–Crippen MR) is 90.7 cm³/mol. The number of para-hydroxylation sites is 1. The van der Waals surface area contributed by atoms with E-state index >= 15 is 0 Å². The van der Waals surface area contributed by atoms with Gasteiger partial charge in [0.15, 0.2) is 0 Å². The summed E-state index contributed by atoms with van der Waals surface area (Å²) in [5.74, 6) is -0.404. The Morgan fingerprint density at radius 2 is 2.04 bits per heavy atom. The molecule has 0 saturated heterocycles. The van der Waals surface area contributed by atoms with Crippen molar-refractivity contribution in [1.82, 2.24) is 4.57 Å². The van der Waals surface area contributed by atoms with Gasteiger partial charge in [-0.05, 0) is 36.8 Å². The minimum Gasteiger partial charge on any atom is -0.325 e. The molecule has 1 N–H and O–H groups in total. The second-order valence-electron chi connectivity index (χ2n) is 5.83. The number of carbonyl (C=O) groups excluding carboxylic acids is 1. The van der Waals surface area contributed by atoms with E-state index in [9.17, 15) is 9.18 Å². The van der Waals surface area contributed by atoms with Crippen molar-refractivity contribution < 1.29 is 9.18 Å². The first-order chi connectivity index (χ1) is 11.1. The summed E-state index contributed by atoms with van der Waals surface area (Å²) in [7, 11) is 0. The SMILES string of the molecule is C=C(C)n1c2c(c3cc(F)ccc31)CC(=O)Nc1ccccc1-2. The maximum absolute atomic E-state index is 13.8. The largest absolute Gasteiger partial charge is 0.325 e. The van der Waals surface area contributed by atoms with Gasteiger partial charge in [-0.2, -0.15) is 0 Å². The van der Waals surface area contributed by atoms with Gasteiger partial charge in [-0.3, -0.25) is 4.79 Å². The monoisotopic (exact) mass is 306 g/mol. The van der Waals surface area contributed by atoms with E-state index in [1.807, 2.05) is 35.8 Å². The molecule has 3 nitrogen and oxygen atoms in total. The highest BCUT2D eigenvalue weighted by molar-refractivity contribution is 6.06. The van der Waals surface area contributed by atoms with Crippen LogP contribution < -0.4 is 5.32 Å². The lowest BCUT2D eigenvalue weighted by Gasteiger charge is -2.13. The van der Waals surface area contributed by atoms with Crippen molar-refractivity contribution >= 4 is 28.2 Å². The van der Waals surface area contributed by atoms with Crippen LogP contribution in [-0.2, 0) is 11.2 Å². The van der Waals surface area contributed by atoms with E-state index in [-0.39, 0.29) is 18.1 Å². The number of halogens is 1. The minimum atomic E-state index is -0.308. The fourth-order valence-electron chi connectivity index (χ4n) is 3.34. The summed E-state index contributed by atoms with van der Waals surface area (Å²) in [4.78, 5) is 12.3. The molecule has 3 aromatic rings. The first kappa shape index (κ1) is 13.8. The van der Waals surface area contributed by atoms with Crippen LogP contribution >= 0.6 is 0 Å². The molecule has 0 atom stereocenters. The molecule has 2 heterocycles. The van der Waals surface area contributed by atoms with Crippen LogP contribution in [-0.4, -0.2) is 10.5 Å². The lowest BCUT2D eigenvalue weighted by molar-refractivity contribution is -0.115. The maximum atomic E-state index is 13.8. The molecular weight excluding hydrogens is 291 g/mol. The van der Waals surface area contributed by atoms with E-state index in [4.69, 9.17) is 0 Å². The molecule has 0 spiro atoms. The van der Waals surface area contributed by atoms with E-state index in [1.165, 1.54) is 12.1 Å². The molecule has 1 aromatic heterocycles. The second-order valence-corrected chi connectivity index (χ2v) is 5.83. The van der Waals surface area contributed by atoms with Crippen LogP contribution in [0.15, 0.2) is 49.0 Å². The first-order valence-electron chi connectivity index (χ1n) is 7.44. The fourth-order valence-corrected chi connectivity index (χ4v) is 3.34. The summed E-state index contributed by atoms with van der Waals surface area (Å²) >= 11 is 0. The number of carbonyl (C=O) groups is 1. The molecule has 23 heavy (non-hydrogen) atoms. The standard InChI is InChI=1S/C19H15FN2O/c1-11(2)22-17-8-7-12(20)9-14(17)15-10-18(23)21-16-6-4-3-5-13(16)19(15)22/h3-9H,1,10H2,2H3,(H,21,23). The predicted octanol–water partition coefficient (Wildman–Crippen LogP) is 4.43. The van der Waals surface area contributed by atoms with Crippen molar-refractivity contribution in [3.63, 3.8) is 0 Å². The number of rotatable bonds is 1. The summed E-state index contributed by atoms with van der Waals surface area (Å²) in [6, 6.07) is 12.3. The topological polar surface area (TPSA) is 34.0 Å². The van der Waals surface area contributed by atoms with Crippen LogP contribution in [0.1, 0.15) is 12.5 Å². The second kappa shape index (κ2) is 4.81. The number of hydrogen-bond acceptors (Lipinski definition) is 1. The van der Waals surface area contributed by atoms with Gasteiger partial charge in [-0.15, -0.1) is 0 Å². The van der Waals surface area contributed by atoms with Gasteiger partial charge in [0.05, 0.1) is 23.3 Å². The number of aromatic nitrogens is 1. The Morgan fingerprint density at radius 1 is 1.26 bits per heavy atom. The Bertz CT molecular complexity index is 984. The van der Waals surface area contributed by atoms with Crippen LogP contribution in [0.25, 0.3) is 27.9 Å². The lowest BCUT2D eigenvalue weighted by Crippen LogP contribution is -2.12. The molecule has 1 aliphatic heterocycles. The van der Waals surface area contributed by atoms with Gasteiger partial charge >= 0.3 is 0 Å². The van der Waals surface area contributed by atoms with Gasteiger partial charge in [0.2, 0.25) is 5.91 Å². The van der Waals surface area contributed by atoms with Crippen molar-refractivity contribution in [2.45, 2.75) is 13.3 Å². The maximum Gasteiger partial charge on any atom is 0.228 e. The third-order valence-corrected chi connectivity index (χ3v) is 4.21. The Labute approximate surface area is 133 Å². The molecule has 1 aliphatic rings. The molecule has 114 valence electrons. The highest BCUT2D eigenvalue weighted by Crippen LogP contribution is 2.41. The number of benzene rings is 2. The lowest BCUT2D eigenvalue weighted by atomic mass is 10.0. The summed E-state index contributed by atoms with van der Waals surface area (Å²) < 4.78 is 15.8. The van der Waals surface area contributed by atoms with Gasteiger partial charge in [-0.1, -0.05) is 24.8 Å². The van der Waals surface area contributed by atoms with Crippen LogP contribution in [0.2, 0.25) is 0 Å². The van der Waals surface area contributed by atoms with Crippen molar-refractivity contribution in [3.05, 3.63) is 60.4 Å². The number of nitrogens with zero attached hydrogens (tertiary/aromatic N) is 1. The quantitative estimate of drug-likeness (QED) is 0.709. The van der Waals surface area contributed by atoms with Crippen LogP contribution in [0, 0.1) is 5.82 Å². The summed E-state index contributed by atoms with van der Waals surface area (Å²) in [5.41, 5.74) is 5.13. The molecule has 4 rings (SSSR count). The third-order valence-electron chi connectivity index (χ3n) is 4.21. The van der Waals surface area contributed by atoms with Crippen molar-refractivity contribution in [3.8, 4) is 11.3 Å². The van der Waals surface area contributed by atoms with Crippen LogP contribution in [0.5, 0.6) is 0 Å². The highest BCUT2D eigenvalue weighted by Gasteiger charge is 2.26. The van der Waals surface area contributed by atoms with Crippen LogP contribution in [0.3, 0.4) is 0 Å². The summed E-state index contributed by atoms with van der Waals surface area (Å²) in [6.45, 7) is 5.97. The van der Waals surface area contributed by atoms with Crippen molar-refractivity contribution in [1.29, 1.82) is 0 Å². The fraction of sp³-hybridized carbons (Fsp3) is 0.105. The molecular formula is C19H15FN2O. The summed E-state index contributed by atoms with van der Waals surface area (Å²) in [5, 5.41) is 3.68. The zero-order valence-electron chi connectivity index (χ0n) is 12.7. The van der Waals surface area contributed by atoms with E-state index in [0.717, 1.165) is 39.1 Å². The van der Waals surface area contributed by atoms with E-state index in [0.29, 0.717) is 0 Å². The number of amides is 1. The van der Waals surface area contributed by atoms with Crippen molar-refractivity contribution in [2.24, 2.45) is 0 Å². The molecule has 2 aromatic carbocycles. The highest BCUT2D eigenvalue weighted by atomic mass is 19.1. The molecule has 0 unspecified atom stereocenters. The Hall–Kier alpha value is -2.88. The molecule has 0 saturated carbocycles. The molecule has 0 fully saturated rings. The summed E-state index contributed by atoms with van der Waals surface area (Å²) in [6.07, 6.45) is 0.213. The van der Waals surface area contributed by atoms with E-state index in [2.05, 4.69) is 11.9 Å². The van der Waals surface area contributed by atoms with E-state index < -0.39 is 0 Å². The zero-order chi connectivity index (χ0) is 16.1. The number of anilines is 1. The van der Waals surface area contributed by atoms with E-state index in [1.54, 1.807) is 6.07 Å². The minimum absolute atomic E-state index is 0.0961. The smallest absolute Gasteiger partial charge is 0.228 e. The Balaban J connectivity index is 2.21. The van der Waals surface area contributed by atoms with Gasteiger partial charge < -0.3 is 9.88 Å². The average molecular weight is 306 g/mol. The molecule has 1 amide bonds. The number of hydrogen-bond donors (Lipinski definition) is 1. The number of nitrogens with one attached hydrogen (secondary N) is 1. The van der Waals surface area contributed by atoms with Crippen LogP contribution in [0.4, 0.5) is 10.1 Å². The Kier molecular flexibility index (Phi) is 2.88. The van der Waals surface area contributed by atoms with Gasteiger partial charge in [0.25, 0.3) is 0 Å². The third kappa shape index (κ3) is 1.99. The zero-order valence-corrected chi connectivity index (χ0v) is 12.7. The van der Waals surface area contributed by atoms with Crippen molar-refractivity contribution in [2.75, 3.05) is 5.32 Å². The van der Waals surface area contributed by atoms with Gasteiger partial charge in [0.1, 0.15) is 5.82 Å². The molecule has 4 heteroatoms.